The number of aromatic hydroxyl groups is 1. The van der Waals surface area contributed by atoms with Crippen molar-refractivity contribution in [2.24, 2.45) is 0 Å². The molecule has 0 unspecified atom stereocenters. The number of phenols is 1. The maximum absolute atomic E-state index is 12.4. The Bertz CT molecular complexity index is 618. The van der Waals surface area contributed by atoms with Crippen LogP contribution in [-0.4, -0.2) is 42.1 Å². The average molecular weight is 303 g/mol. The van der Waals surface area contributed by atoms with Crippen LogP contribution in [0.1, 0.15) is 20.8 Å². The third-order valence-electron chi connectivity index (χ3n) is 3.58. The second kappa shape index (κ2) is 6.39. The van der Waals surface area contributed by atoms with Crippen molar-refractivity contribution in [3.05, 3.63) is 51.7 Å². The van der Waals surface area contributed by atoms with Crippen molar-refractivity contribution >= 4 is 17.1 Å². The molecular weight excluding hydrogens is 286 g/mol. The standard InChI is InChI=1S/C16H17NO3S/c18-14-4-3-12(16(19)15-2-1-9-21-15)10-13(14)11-17-5-7-20-8-6-17/h1-4,9-10,18H,5-8,11H2. The molecule has 0 amide bonds. The summed E-state index contributed by atoms with van der Waals surface area (Å²) < 4.78 is 5.32. The molecule has 0 atom stereocenters. The number of morpholine rings is 1. The van der Waals surface area contributed by atoms with Crippen molar-refractivity contribution in [1.29, 1.82) is 0 Å². The van der Waals surface area contributed by atoms with Crippen LogP contribution in [0.25, 0.3) is 0 Å². The van der Waals surface area contributed by atoms with E-state index in [0.29, 0.717) is 25.3 Å². The van der Waals surface area contributed by atoms with E-state index in [-0.39, 0.29) is 11.5 Å². The summed E-state index contributed by atoms with van der Waals surface area (Å²) in [5.74, 6) is 0.248. The van der Waals surface area contributed by atoms with Gasteiger partial charge in [0.1, 0.15) is 5.75 Å². The third kappa shape index (κ3) is 3.32. The van der Waals surface area contributed by atoms with E-state index in [0.717, 1.165) is 23.5 Å². The number of hydrogen-bond acceptors (Lipinski definition) is 5. The minimum atomic E-state index is 0.00762. The van der Waals surface area contributed by atoms with Gasteiger partial charge in [0, 0.05) is 30.8 Å². The van der Waals surface area contributed by atoms with Crippen molar-refractivity contribution in [3.8, 4) is 5.75 Å². The highest BCUT2D eigenvalue weighted by atomic mass is 32.1. The number of phenolic OH excluding ortho intramolecular Hbond substituents is 1. The first-order valence-electron chi connectivity index (χ1n) is 6.94. The van der Waals surface area contributed by atoms with Gasteiger partial charge in [-0.25, -0.2) is 0 Å². The SMILES string of the molecule is O=C(c1ccc(O)c(CN2CCOCC2)c1)c1cccs1. The lowest BCUT2D eigenvalue weighted by atomic mass is 10.0. The average Bonchev–Trinajstić information content (AvgIpc) is 3.04. The highest BCUT2D eigenvalue weighted by molar-refractivity contribution is 7.12. The van der Waals surface area contributed by atoms with Gasteiger partial charge in [-0.1, -0.05) is 6.07 Å². The Morgan fingerprint density at radius 3 is 2.81 bits per heavy atom. The lowest BCUT2D eigenvalue weighted by Gasteiger charge is -2.26. The number of hydrogen-bond donors (Lipinski definition) is 1. The summed E-state index contributed by atoms with van der Waals surface area (Å²) in [7, 11) is 0. The molecule has 2 aromatic rings. The summed E-state index contributed by atoms with van der Waals surface area (Å²) >= 11 is 1.43. The molecule has 21 heavy (non-hydrogen) atoms. The van der Waals surface area contributed by atoms with Crippen LogP contribution >= 0.6 is 11.3 Å². The molecule has 1 fully saturated rings. The molecule has 110 valence electrons. The van der Waals surface area contributed by atoms with Gasteiger partial charge in [0.05, 0.1) is 18.1 Å². The Morgan fingerprint density at radius 1 is 1.29 bits per heavy atom. The van der Waals surface area contributed by atoms with E-state index in [1.165, 1.54) is 11.3 Å². The zero-order chi connectivity index (χ0) is 14.7. The fourth-order valence-electron chi connectivity index (χ4n) is 2.40. The Labute approximate surface area is 127 Å². The van der Waals surface area contributed by atoms with E-state index in [2.05, 4.69) is 4.90 Å². The van der Waals surface area contributed by atoms with Crippen LogP contribution in [0.5, 0.6) is 5.75 Å². The minimum absolute atomic E-state index is 0.00762. The van der Waals surface area contributed by atoms with Gasteiger partial charge in [0.2, 0.25) is 5.78 Å². The molecule has 4 nitrogen and oxygen atoms in total. The fourth-order valence-corrected chi connectivity index (χ4v) is 3.09. The lowest BCUT2D eigenvalue weighted by molar-refractivity contribution is 0.0339. The molecule has 1 N–H and O–H groups in total. The molecule has 1 aromatic heterocycles. The smallest absolute Gasteiger partial charge is 0.202 e. The zero-order valence-electron chi connectivity index (χ0n) is 11.6. The first-order valence-corrected chi connectivity index (χ1v) is 7.82. The normalized spacial score (nSPS) is 16.0. The summed E-state index contributed by atoms with van der Waals surface area (Å²) in [6.07, 6.45) is 0. The molecule has 1 aliphatic rings. The number of ether oxygens (including phenoxy) is 1. The summed E-state index contributed by atoms with van der Waals surface area (Å²) in [6.45, 7) is 3.77. The molecule has 0 aliphatic carbocycles. The molecule has 1 aromatic carbocycles. The topological polar surface area (TPSA) is 49.8 Å². The number of thiophene rings is 1. The highest BCUT2D eigenvalue weighted by Gasteiger charge is 2.16. The first-order chi connectivity index (χ1) is 10.2. The quantitative estimate of drug-likeness (QED) is 0.882. The maximum atomic E-state index is 12.4. The van der Waals surface area contributed by atoms with Gasteiger partial charge in [-0.15, -0.1) is 11.3 Å². The molecule has 0 spiro atoms. The Kier molecular flexibility index (Phi) is 4.34. The van der Waals surface area contributed by atoms with Crippen molar-refractivity contribution in [2.75, 3.05) is 26.3 Å². The van der Waals surface area contributed by atoms with E-state index in [4.69, 9.17) is 4.74 Å². The van der Waals surface area contributed by atoms with Crippen molar-refractivity contribution < 1.29 is 14.6 Å². The molecule has 0 bridgehead atoms. The Morgan fingerprint density at radius 2 is 2.10 bits per heavy atom. The zero-order valence-corrected chi connectivity index (χ0v) is 12.4. The summed E-state index contributed by atoms with van der Waals surface area (Å²) in [6, 6.07) is 8.78. The van der Waals surface area contributed by atoms with Crippen molar-refractivity contribution in [2.45, 2.75) is 6.54 Å². The highest BCUT2D eigenvalue weighted by Crippen LogP contribution is 2.23. The summed E-state index contributed by atoms with van der Waals surface area (Å²) in [5, 5.41) is 11.9. The fraction of sp³-hybridized carbons (Fsp3) is 0.312. The first kappa shape index (κ1) is 14.3. The number of carbonyl (C=O) groups is 1. The second-order valence-electron chi connectivity index (χ2n) is 5.04. The molecule has 3 rings (SSSR count). The minimum Gasteiger partial charge on any atom is -0.508 e. The van der Waals surface area contributed by atoms with Crippen LogP contribution in [0.3, 0.4) is 0 Å². The Balaban J connectivity index is 1.80. The van der Waals surface area contributed by atoms with Crippen LogP contribution in [-0.2, 0) is 11.3 Å². The van der Waals surface area contributed by atoms with Crippen LogP contribution in [0.4, 0.5) is 0 Å². The molecule has 2 heterocycles. The van der Waals surface area contributed by atoms with E-state index in [9.17, 15) is 9.90 Å². The van der Waals surface area contributed by atoms with E-state index in [1.807, 2.05) is 17.5 Å². The van der Waals surface area contributed by atoms with Crippen molar-refractivity contribution in [3.63, 3.8) is 0 Å². The molecule has 0 saturated carbocycles. The monoisotopic (exact) mass is 303 g/mol. The van der Waals surface area contributed by atoms with Gasteiger partial charge in [-0.05, 0) is 29.6 Å². The van der Waals surface area contributed by atoms with Crippen LogP contribution in [0.15, 0.2) is 35.7 Å². The summed E-state index contributed by atoms with van der Waals surface area (Å²) in [5.41, 5.74) is 1.41. The number of nitrogens with zero attached hydrogens (tertiary/aromatic N) is 1. The Hall–Kier alpha value is -1.69. The van der Waals surface area contributed by atoms with E-state index >= 15 is 0 Å². The largest absolute Gasteiger partial charge is 0.508 e. The van der Waals surface area contributed by atoms with Gasteiger partial charge in [0.25, 0.3) is 0 Å². The van der Waals surface area contributed by atoms with E-state index < -0.39 is 0 Å². The number of rotatable bonds is 4. The third-order valence-corrected chi connectivity index (χ3v) is 4.45. The molecule has 0 radical (unpaired) electrons. The molecule has 5 heteroatoms. The van der Waals surface area contributed by atoms with Gasteiger partial charge in [-0.2, -0.15) is 0 Å². The van der Waals surface area contributed by atoms with Crippen LogP contribution < -0.4 is 0 Å². The molecule has 1 saturated heterocycles. The van der Waals surface area contributed by atoms with Gasteiger partial charge in [-0.3, -0.25) is 9.69 Å². The second-order valence-corrected chi connectivity index (χ2v) is 5.99. The number of ketones is 1. The van der Waals surface area contributed by atoms with Gasteiger partial charge < -0.3 is 9.84 Å². The van der Waals surface area contributed by atoms with Gasteiger partial charge >= 0.3 is 0 Å². The number of benzene rings is 1. The van der Waals surface area contributed by atoms with E-state index in [1.54, 1.807) is 18.2 Å². The van der Waals surface area contributed by atoms with Gasteiger partial charge in [0.15, 0.2) is 0 Å². The molecular formula is C16H17NO3S. The van der Waals surface area contributed by atoms with Crippen LogP contribution in [0, 0.1) is 0 Å². The van der Waals surface area contributed by atoms with Crippen LogP contribution in [0.2, 0.25) is 0 Å². The maximum Gasteiger partial charge on any atom is 0.202 e. The molecule has 1 aliphatic heterocycles. The predicted molar refractivity (Wildman–Crippen MR) is 82.0 cm³/mol. The summed E-state index contributed by atoms with van der Waals surface area (Å²) in [4.78, 5) is 15.3. The number of carbonyl (C=O) groups excluding carboxylic acids is 1. The van der Waals surface area contributed by atoms with Crippen molar-refractivity contribution in [1.82, 2.24) is 4.90 Å². The lowest BCUT2D eigenvalue weighted by Crippen LogP contribution is -2.35. The predicted octanol–water partition coefficient (Wildman–Crippen LogP) is 2.52.